The lowest BCUT2D eigenvalue weighted by atomic mass is 9.98. The van der Waals surface area contributed by atoms with Gasteiger partial charge in [-0.25, -0.2) is 0 Å². The highest BCUT2D eigenvalue weighted by molar-refractivity contribution is 6.32. The van der Waals surface area contributed by atoms with E-state index < -0.39 is 5.54 Å². The van der Waals surface area contributed by atoms with E-state index in [1.54, 1.807) is 19.1 Å². The Bertz CT molecular complexity index is 563. The molecule has 1 atom stereocenters. The maximum Gasteiger partial charge on any atom is 0.259 e. The van der Waals surface area contributed by atoms with Crippen LogP contribution in [0.4, 0.5) is 0 Å². The first-order valence-corrected chi connectivity index (χ1v) is 6.93. The van der Waals surface area contributed by atoms with Crippen LogP contribution in [-0.4, -0.2) is 18.1 Å². The number of hydrogen-bond acceptors (Lipinski definition) is 3. The second kappa shape index (κ2) is 5.72. The molecule has 0 saturated heterocycles. The molecule has 4 nitrogen and oxygen atoms in total. The van der Waals surface area contributed by atoms with E-state index in [2.05, 4.69) is 11.4 Å². The van der Waals surface area contributed by atoms with Crippen molar-refractivity contribution >= 4 is 17.5 Å². The van der Waals surface area contributed by atoms with Crippen LogP contribution in [0, 0.1) is 24.2 Å². The first-order valence-electron chi connectivity index (χ1n) is 6.56. The third kappa shape index (κ3) is 3.43. The summed E-state index contributed by atoms with van der Waals surface area (Å²) in [6, 6.07) is 7.55. The van der Waals surface area contributed by atoms with Crippen LogP contribution in [0.25, 0.3) is 0 Å². The van der Waals surface area contributed by atoms with Gasteiger partial charge in [-0.15, -0.1) is 0 Å². The summed E-state index contributed by atoms with van der Waals surface area (Å²) in [5, 5.41) is 12.4. The van der Waals surface area contributed by atoms with Crippen LogP contribution in [-0.2, 0) is 4.79 Å². The maximum absolute atomic E-state index is 11.9. The Labute approximate surface area is 123 Å². The Morgan fingerprint density at radius 3 is 2.90 bits per heavy atom. The van der Waals surface area contributed by atoms with Crippen molar-refractivity contribution in [1.29, 1.82) is 5.26 Å². The van der Waals surface area contributed by atoms with Crippen LogP contribution in [0.15, 0.2) is 18.2 Å². The first kappa shape index (κ1) is 14.7. The van der Waals surface area contributed by atoms with Crippen molar-refractivity contribution < 1.29 is 9.53 Å². The number of nitriles is 1. The molecule has 0 radical (unpaired) electrons. The standard InChI is InChI=1S/C15H17ClN2O2/c1-10-3-6-12(16)13(7-10)20-8-14(19)18-15(2,9-17)11-4-5-11/h3,6-7,11H,4-5,8H2,1-2H3,(H,18,19). The van der Waals surface area contributed by atoms with Gasteiger partial charge in [0.1, 0.15) is 11.3 Å². The topological polar surface area (TPSA) is 62.1 Å². The quantitative estimate of drug-likeness (QED) is 0.908. The van der Waals surface area contributed by atoms with Crippen molar-refractivity contribution in [3.63, 3.8) is 0 Å². The average Bonchev–Trinajstić information content (AvgIpc) is 3.24. The monoisotopic (exact) mass is 292 g/mol. The highest BCUT2D eigenvalue weighted by atomic mass is 35.5. The molecule has 5 heteroatoms. The van der Waals surface area contributed by atoms with Crippen LogP contribution in [0.3, 0.4) is 0 Å². The third-order valence-corrected chi connectivity index (χ3v) is 3.78. The van der Waals surface area contributed by atoms with Gasteiger partial charge < -0.3 is 10.1 Å². The largest absolute Gasteiger partial charge is 0.482 e. The Hall–Kier alpha value is -1.73. The lowest BCUT2D eigenvalue weighted by Gasteiger charge is -2.22. The third-order valence-electron chi connectivity index (χ3n) is 3.47. The predicted octanol–water partition coefficient (Wildman–Crippen LogP) is 2.84. The Morgan fingerprint density at radius 2 is 2.30 bits per heavy atom. The smallest absolute Gasteiger partial charge is 0.259 e. The Morgan fingerprint density at radius 1 is 1.60 bits per heavy atom. The molecule has 1 saturated carbocycles. The van der Waals surface area contributed by atoms with Gasteiger partial charge in [-0.05, 0) is 50.3 Å². The number of carbonyl (C=O) groups excluding carboxylic acids is 1. The summed E-state index contributed by atoms with van der Waals surface area (Å²) in [4.78, 5) is 11.9. The van der Waals surface area contributed by atoms with Crippen LogP contribution < -0.4 is 10.1 Å². The zero-order valence-corrected chi connectivity index (χ0v) is 12.3. The predicted molar refractivity (Wildman–Crippen MR) is 76.6 cm³/mol. The second-order valence-electron chi connectivity index (χ2n) is 5.36. The lowest BCUT2D eigenvalue weighted by molar-refractivity contribution is -0.124. The molecule has 1 N–H and O–H groups in total. The van der Waals surface area contributed by atoms with Crippen molar-refractivity contribution in [2.75, 3.05) is 6.61 Å². The van der Waals surface area contributed by atoms with Crippen molar-refractivity contribution in [2.45, 2.75) is 32.2 Å². The minimum Gasteiger partial charge on any atom is -0.482 e. The number of amides is 1. The highest BCUT2D eigenvalue weighted by Crippen LogP contribution is 2.39. The highest BCUT2D eigenvalue weighted by Gasteiger charge is 2.43. The van der Waals surface area contributed by atoms with Crippen LogP contribution in [0.5, 0.6) is 5.75 Å². The summed E-state index contributed by atoms with van der Waals surface area (Å²) >= 11 is 5.99. The van der Waals surface area contributed by atoms with Gasteiger partial charge >= 0.3 is 0 Å². The SMILES string of the molecule is Cc1ccc(Cl)c(OCC(=O)NC(C)(C#N)C2CC2)c1. The fraction of sp³-hybridized carbons (Fsp3) is 0.467. The first-order chi connectivity index (χ1) is 9.44. The van der Waals surface area contributed by atoms with Crippen molar-refractivity contribution in [2.24, 2.45) is 5.92 Å². The molecular weight excluding hydrogens is 276 g/mol. The van der Waals surface area contributed by atoms with Gasteiger partial charge in [-0.2, -0.15) is 5.26 Å². The molecule has 2 rings (SSSR count). The number of benzene rings is 1. The molecule has 1 amide bonds. The molecular formula is C15H17ClN2O2. The van der Waals surface area contributed by atoms with Crippen molar-refractivity contribution in [3.05, 3.63) is 28.8 Å². The van der Waals surface area contributed by atoms with Crippen LogP contribution >= 0.6 is 11.6 Å². The number of halogens is 1. The van der Waals surface area contributed by atoms with Gasteiger partial charge in [0.05, 0.1) is 11.1 Å². The summed E-state index contributed by atoms with van der Waals surface area (Å²) in [6.45, 7) is 3.53. The summed E-state index contributed by atoms with van der Waals surface area (Å²) in [5.41, 5.74) is 0.210. The Balaban J connectivity index is 1.92. The van der Waals surface area contributed by atoms with Crippen LogP contribution in [0.2, 0.25) is 5.02 Å². The van der Waals surface area contributed by atoms with Gasteiger partial charge in [-0.3, -0.25) is 4.79 Å². The summed E-state index contributed by atoms with van der Waals surface area (Å²) in [6.07, 6.45) is 1.96. The van der Waals surface area contributed by atoms with E-state index in [0.717, 1.165) is 18.4 Å². The van der Waals surface area contributed by atoms with E-state index in [-0.39, 0.29) is 18.4 Å². The fourth-order valence-corrected chi connectivity index (χ4v) is 2.24. The minimum atomic E-state index is -0.795. The zero-order chi connectivity index (χ0) is 14.8. The number of nitrogens with zero attached hydrogens (tertiary/aromatic N) is 1. The Kier molecular flexibility index (Phi) is 4.20. The number of aryl methyl sites for hydroxylation is 1. The molecule has 0 heterocycles. The van der Waals surface area contributed by atoms with Crippen LogP contribution in [0.1, 0.15) is 25.3 Å². The zero-order valence-electron chi connectivity index (χ0n) is 11.6. The summed E-state index contributed by atoms with van der Waals surface area (Å²) in [5.74, 6) is 0.421. The number of carbonyl (C=O) groups is 1. The van der Waals surface area contributed by atoms with Crippen molar-refractivity contribution in [1.82, 2.24) is 5.32 Å². The molecule has 1 aliphatic carbocycles. The summed E-state index contributed by atoms with van der Waals surface area (Å²) < 4.78 is 5.42. The van der Waals surface area contributed by atoms with Gasteiger partial charge in [0.15, 0.2) is 6.61 Å². The van der Waals surface area contributed by atoms with E-state index >= 15 is 0 Å². The molecule has 1 unspecified atom stereocenters. The van der Waals surface area contributed by atoms with Gasteiger partial charge in [-0.1, -0.05) is 17.7 Å². The van der Waals surface area contributed by atoms with Gasteiger partial charge in [0, 0.05) is 0 Å². The fourth-order valence-electron chi connectivity index (χ4n) is 2.07. The molecule has 1 fully saturated rings. The molecule has 1 aromatic rings. The van der Waals surface area contributed by atoms with E-state index in [1.165, 1.54) is 0 Å². The summed E-state index contributed by atoms with van der Waals surface area (Å²) in [7, 11) is 0. The molecule has 0 spiro atoms. The molecule has 0 bridgehead atoms. The molecule has 0 aliphatic heterocycles. The number of hydrogen-bond donors (Lipinski definition) is 1. The lowest BCUT2D eigenvalue weighted by Crippen LogP contribution is -2.48. The number of ether oxygens (including phenoxy) is 1. The second-order valence-corrected chi connectivity index (χ2v) is 5.77. The normalized spacial score (nSPS) is 16.9. The number of nitrogens with one attached hydrogen (secondary N) is 1. The van der Waals surface area contributed by atoms with E-state index in [9.17, 15) is 10.1 Å². The maximum atomic E-state index is 11.9. The molecule has 1 aromatic carbocycles. The average molecular weight is 293 g/mol. The van der Waals surface area contributed by atoms with Gasteiger partial charge in [0.25, 0.3) is 5.91 Å². The molecule has 0 aromatic heterocycles. The minimum absolute atomic E-state index is 0.146. The van der Waals surface area contributed by atoms with Crippen molar-refractivity contribution in [3.8, 4) is 11.8 Å². The number of rotatable bonds is 5. The molecule has 1 aliphatic rings. The molecule has 20 heavy (non-hydrogen) atoms. The van der Waals surface area contributed by atoms with E-state index in [4.69, 9.17) is 16.3 Å². The van der Waals surface area contributed by atoms with E-state index in [0.29, 0.717) is 10.8 Å². The van der Waals surface area contributed by atoms with Gasteiger partial charge in [0.2, 0.25) is 0 Å². The molecule has 106 valence electrons. The van der Waals surface area contributed by atoms with E-state index in [1.807, 2.05) is 13.0 Å².